The van der Waals surface area contributed by atoms with Crippen LogP contribution in [0.25, 0.3) is 0 Å². The molecule has 0 aliphatic rings. The van der Waals surface area contributed by atoms with E-state index < -0.39 is 12.3 Å². The summed E-state index contributed by atoms with van der Waals surface area (Å²) in [4.78, 5) is 11.4. The summed E-state index contributed by atoms with van der Waals surface area (Å²) in [6.07, 6.45) is 9.65. The van der Waals surface area contributed by atoms with E-state index in [2.05, 4.69) is 6.92 Å². The van der Waals surface area contributed by atoms with Crippen molar-refractivity contribution < 1.29 is 14.6 Å². The van der Waals surface area contributed by atoms with Crippen LogP contribution in [0.15, 0.2) is 0 Å². The average molecular weight is 273 g/mol. The molecule has 0 aromatic heterocycles. The zero-order valence-corrected chi connectivity index (χ0v) is 12.6. The predicted octanol–water partition coefficient (Wildman–Crippen LogP) is 3.12. The monoisotopic (exact) mass is 273 g/mol. The van der Waals surface area contributed by atoms with E-state index in [0.29, 0.717) is 6.42 Å². The quantitative estimate of drug-likeness (QED) is 0.325. The molecule has 0 fully saturated rings. The lowest BCUT2D eigenvalue weighted by atomic mass is 10.1. The van der Waals surface area contributed by atoms with Crippen LogP contribution in [-0.2, 0) is 9.53 Å². The van der Waals surface area contributed by atoms with Gasteiger partial charge in [-0.3, -0.25) is 10.5 Å². The van der Waals surface area contributed by atoms with Gasteiger partial charge in [0.25, 0.3) is 0 Å². The van der Waals surface area contributed by atoms with Gasteiger partial charge in [0.2, 0.25) is 0 Å². The highest BCUT2D eigenvalue weighted by Crippen LogP contribution is 2.11. The smallest absolute Gasteiger partial charge is 0.307 e. The summed E-state index contributed by atoms with van der Waals surface area (Å²) < 4.78 is 4.87. The standard InChI is InChI=1S/C15H31NO3/c1-3-4-5-6-7-8-9-10-11-12-14(18)19-15(16)13(2)17/h13,15,17H,3-12,16H2,1-2H3. The van der Waals surface area contributed by atoms with Gasteiger partial charge >= 0.3 is 5.97 Å². The average Bonchev–Trinajstić information content (AvgIpc) is 2.36. The van der Waals surface area contributed by atoms with Gasteiger partial charge < -0.3 is 9.84 Å². The highest BCUT2D eigenvalue weighted by atomic mass is 16.6. The first-order chi connectivity index (χ1) is 9.07. The first-order valence-corrected chi connectivity index (χ1v) is 7.71. The van der Waals surface area contributed by atoms with Gasteiger partial charge in [-0.2, -0.15) is 0 Å². The first-order valence-electron chi connectivity index (χ1n) is 7.71. The Morgan fingerprint density at radius 2 is 1.53 bits per heavy atom. The van der Waals surface area contributed by atoms with Gasteiger partial charge in [-0.15, -0.1) is 0 Å². The van der Waals surface area contributed by atoms with Crippen LogP contribution in [0.4, 0.5) is 0 Å². The van der Waals surface area contributed by atoms with Crippen LogP contribution >= 0.6 is 0 Å². The fourth-order valence-electron chi connectivity index (χ4n) is 1.89. The number of esters is 1. The summed E-state index contributed by atoms with van der Waals surface area (Å²) in [6, 6.07) is 0. The SMILES string of the molecule is CCCCCCCCCCCC(=O)OC(N)C(C)O. The molecule has 0 aliphatic heterocycles. The van der Waals surface area contributed by atoms with E-state index in [9.17, 15) is 4.79 Å². The molecule has 2 unspecified atom stereocenters. The lowest BCUT2D eigenvalue weighted by Gasteiger charge is -2.15. The normalized spacial score (nSPS) is 14.1. The third-order valence-corrected chi connectivity index (χ3v) is 3.23. The minimum Gasteiger partial charge on any atom is -0.444 e. The molecule has 4 nitrogen and oxygen atoms in total. The van der Waals surface area contributed by atoms with E-state index in [-0.39, 0.29) is 5.97 Å². The molecule has 0 rings (SSSR count). The number of hydrogen-bond acceptors (Lipinski definition) is 4. The maximum atomic E-state index is 11.4. The number of nitrogens with two attached hydrogens (primary N) is 1. The molecule has 0 heterocycles. The van der Waals surface area contributed by atoms with Gasteiger partial charge in [0, 0.05) is 6.42 Å². The number of carbonyl (C=O) groups excluding carboxylic acids is 1. The molecule has 0 spiro atoms. The van der Waals surface area contributed by atoms with Crippen LogP contribution in [0.5, 0.6) is 0 Å². The molecule has 3 N–H and O–H groups in total. The van der Waals surface area contributed by atoms with Gasteiger partial charge in [0.1, 0.15) is 6.10 Å². The van der Waals surface area contributed by atoms with Crippen LogP contribution in [0, 0.1) is 0 Å². The molecule has 114 valence electrons. The number of aliphatic hydroxyl groups excluding tert-OH is 1. The van der Waals surface area contributed by atoms with Crippen molar-refractivity contribution in [1.29, 1.82) is 0 Å². The minimum atomic E-state index is -0.897. The van der Waals surface area contributed by atoms with Crippen molar-refractivity contribution in [3.63, 3.8) is 0 Å². The van der Waals surface area contributed by atoms with E-state index in [1.807, 2.05) is 0 Å². The van der Waals surface area contributed by atoms with E-state index >= 15 is 0 Å². The number of hydrogen-bond donors (Lipinski definition) is 2. The second kappa shape index (κ2) is 12.4. The van der Waals surface area contributed by atoms with Crippen LogP contribution in [0.2, 0.25) is 0 Å². The lowest BCUT2D eigenvalue weighted by Crippen LogP contribution is -2.37. The fraction of sp³-hybridized carbons (Fsp3) is 0.933. The molecule has 0 saturated carbocycles. The largest absolute Gasteiger partial charge is 0.444 e. The van der Waals surface area contributed by atoms with Crippen molar-refractivity contribution in [2.24, 2.45) is 5.73 Å². The van der Waals surface area contributed by atoms with Gasteiger partial charge in [-0.25, -0.2) is 0 Å². The van der Waals surface area contributed by atoms with Crippen LogP contribution < -0.4 is 5.73 Å². The Morgan fingerprint density at radius 1 is 1.05 bits per heavy atom. The summed E-state index contributed by atoms with van der Waals surface area (Å²) in [7, 11) is 0. The summed E-state index contributed by atoms with van der Waals surface area (Å²) in [5.74, 6) is -0.309. The topological polar surface area (TPSA) is 72.5 Å². The predicted molar refractivity (Wildman–Crippen MR) is 77.6 cm³/mol. The van der Waals surface area contributed by atoms with Gasteiger partial charge in [-0.05, 0) is 13.3 Å². The summed E-state index contributed by atoms with van der Waals surface area (Å²) in [5, 5.41) is 9.10. The molecule has 0 aromatic carbocycles. The number of aliphatic hydroxyl groups is 1. The lowest BCUT2D eigenvalue weighted by molar-refractivity contribution is -0.154. The molecule has 0 aromatic rings. The molecule has 0 radical (unpaired) electrons. The van der Waals surface area contributed by atoms with E-state index in [1.54, 1.807) is 0 Å². The van der Waals surface area contributed by atoms with Crippen molar-refractivity contribution in [3.05, 3.63) is 0 Å². The second-order valence-electron chi connectivity index (χ2n) is 5.27. The number of rotatable bonds is 12. The van der Waals surface area contributed by atoms with E-state index in [1.165, 1.54) is 51.9 Å². The molecule has 4 heteroatoms. The molecule has 0 bridgehead atoms. The Balaban J connectivity index is 3.27. The van der Waals surface area contributed by atoms with Crippen molar-refractivity contribution in [2.75, 3.05) is 0 Å². The Morgan fingerprint density at radius 3 is 2.00 bits per heavy atom. The summed E-state index contributed by atoms with van der Waals surface area (Å²) in [5.41, 5.74) is 5.43. The van der Waals surface area contributed by atoms with E-state index in [0.717, 1.165) is 12.8 Å². The zero-order valence-electron chi connectivity index (χ0n) is 12.6. The Hall–Kier alpha value is -0.610. The van der Waals surface area contributed by atoms with Crippen molar-refractivity contribution >= 4 is 5.97 Å². The van der Waals surface area contributed by atoms with Crippen LogP contribution in [0.3, 0.4) is 0 Å². The third-order valence-electron chi connectivity index (χ3n) is 3.23. The molecular formula is C15H31NO3. The maximum absolute atomic E-state index is 11.4. The molecule has 0 amide bonds. The van der Waals surface area contributed by atoms with Crippen LogP contribution in [0.1, 0.15) is 78.1 Å². The molecular weight excluding hydrogens is 242 g/mol. The Labute approximate surface area is 117 Å². The number of ether oxygens (including phenoxy) is 1. The van der Waals surface area contributed by atoms with E-state index in [4.69, 9.17) is 15.6 Å². The minimum absolute atomic E-state index is 0.309. The third kappa shape index (κ3) is 12.2. The summed E-state index contributed by atoms with van der Waals surface area (Å²) in [6.45, 7) is 3.74. The second-order valence-corrected chi connectivity index (χ2v) is 5.27. The highest BCUT2D eigenvalue weighted by Gasteiger charge is 2.13. The highest BCUT2D eigenvalue weighted by molar-refractivity contribution is 5.69. The maximum Gasteiger partial charge on any atom is 0.307 e. The number of carbonyl (C=O) groups is 1. The molecule has 19 heavy (non-hydrogen) atoms. The summed E-state index contributed by atoms with van der Waals surface area (Å²) >= 11 is 0. The van der Waals surface area contributed by atoms with Crippen LogP contribution in [-0.4, -0.2) is 23.4 Å². The first kappa shape index (κ1) is 18.4. The van der Waals surface area contributed by atoms with Crippen molar-refractivity contribution in [3.8, 4) is 0 Å². The van der Waals surface area contributed by atoms with Crippen molar-refractivity contribution in [2.45, 2.75) is 90.4 Å². The number of unbranched alkanes of at least 4 members (excludes halogenated alkanes) is 8. The fourth-order valence-corrected chi connectivity index (χ4v) is 1.89. The molecule has 0 aliphatic carbocycles. The molecule has 0 saturated heterocycles. The molecule has 2 atom stereocenters. The van der Waals surface area contributed by atoms with Gasteiger partial charge in [0.05, 0.1) is 0 Å². The van der Waals surface area contributed by atoms with Gasteiger partial charge in [0.15, 0.2) is 6.23 Å². The Kier molecular flexibility index (Phi) is 12.0. The zero-order chi connectivity index (χ0) is 14.5. The van der Waals surface area contributed by atoms with Crippen molar-refractivity contribution in [1.82, 2.24) is 0 Å². The Bertz CT molecular complexity index is 219. The van der Waals surface area contributed by atoms with Gasteiger partial charge in [-0.1, -0.05) is 58.3 Å².